The number of amides is 1. The second kappa shape index (κ2) is 15.9. The van der Waals surface area contributed by atoms with Crippen molar-refractivity contribution in [3.8, 4) is 0 Å². The van der Waals surface area contributed by atoms with Crippen LogP contribution in [0, 0.1) is 41.4 Å². The molecule has 5 aliphatic heterocycles. The molecule has 2 spiro atoms. The quantitative estimate of drug-likeness (QED) is 0.180. The number of carbonyl (C=O) groups is 2. The first-order valence-electron chi connectivity index (χ1n) is 21.1. The average Bonchev–Trinajstić information content (AvgIpc) is 3.45. The zero-order valence-corrected chi connectivity index (χ0v) is 34.7. The van der Waals surface area contributed by atoms with Crippen molar-refractivity contribution in [1.29, 1.82) is 0 Å². The van der Waals surface area contributed by atoms with Gasteiger partial charge in [0.15, 0.2) is 5.79 Å². The van der Waals surface area contributed by atoms with E-state index in [2.05, 4.69) is 34.6 Å². The van der Waals surface area contributed by atoms with Crippen molar-refractivity contribution in [2.45, 2.75) is 206 Å². The van der Waals surface area contributed by atoms with Gasteiger partial charge in [-0.2, -0.15) is 0 Å². The zero-order valence-electron chi connectivity index (χ0n) is 34.7. The largest absolute Gasteiger partial charge is 0.387 e. The number of hydrogen-bond acceptors (Lipinski definition) is 9. The van der Waals surface area contributed by atoms with Gasteiger partial charge in [-0.15, -0.1) is 0 Å². The molecule has 5 rings (SSSR count). The second-order valence-corrected chi connectivity index (χ2v) is 18.6. The molecule has 304 valence electrons. The first-order valence-corrected chi connectivity index (χ1v) is 21.1. The van der Waals surface area contributed by atoms with Gasteiger partial charge in [-0.05, 0) is 115 Å². The fourth-order valence-electron chi connectivity index (χ4n) is 11.0. The summed E-state index contributed by atoms with van der Waals surface area (Å²) >= 11 is 0. The van der Waals surface area contributed by atoms with E-state index in [4.69, 9.17) is 29.4 Å². The van der Waals surface area contributed by atoms with Crippen molar-refractivity contribution in [3.63, 3.8) is 0 Å². The Kier molecular flexibility index (Phi) is 12.8. The van der Waals surface area contributed by atoms with Crippen molar-refractivity contribution in [2.24, 2.45) is 47.2 Å². The summed E-state index contributed by atoms with van der Waals surface area (Å²) < 4.78 is 34.0. The lowest BCUT2D eigenvalue weighted by Crippen LogP contribution is -2.63. The van der Waals surface area contributed by atoms with E-state index >= 15 is 0 Å². The third-order valence-electron chi connectivity index (χ3n) is 14.7. The smallest absolute Gasteiger partial charge is 0.223 e. The fraction of sp³-hybridized carbons (Fsp3) is 0.907. The Morgan fingerprint density at radius 2 is 1.60 bits per heavy atom. The molecule has 10 heteroatoms. The van der Waals surface area contributed by atoms with E-state index < -0.39 is 34.5 Å². The lowest BCUT2D eigenvalue weighted by Gasteiger charge is -2.54. The van der Waals surface area contributed by atoms with E-state index in [0.717, 1.165) is 19.3 Å². The van der Waals surface area contributed by atoms with E-state index in [-0.39, 0.29) is 71.6 Å². The van der Waals surface area contributed by atoms with E-state index in [1.54, 1.807) is 6.08 Å². The number of carbonyl (C=O) groups excluding carboxylic acids is 2. The summed E-state index contributed by atoms with van der Waals surface area (Å²) in [5.74, 6) is -3.05. The lowest BCUT2D eigenvalue weighted by atomic mass is 9.72. The van der Waals surface area contributed by atoms with Crippen LogP contribution in [-0.4, -0.2) is 80.8 Å². The lowest BCUT2D eigenvalue weighted by molar-refractivity contribution is -0.409. The van der Waals surface area contributed by atoms with E-state index in [1.165, 1.54) is 0 Å². The van der Waals surface area contributed by atoms with Crippen LogP contribution in [0.3, 0.4) is 0 Å². The standard InChI is InChI=1S/C43H73NO9/c1-12-31(35(46)26(5)23-27(6)36-25(4)15-18-39(10,50-36)32(13-2)38(44)47)37-28(7)24-29(8)42(51-37)20-16-33(45)43(53-42)22-21-40(11,52-43)34-17-19-41(48,14-3)30(9)49-34/h16,20,25-34,36-37,45,48H,12-15,17-19,21-24H2,1-11H3,(H2,44,47)/t25-,26-,27-,28-,29+,30-,31-,32-,33+,34+,36+,37-,39+,40-,41+,42-,43-/m0/s1. The molecule has 5 heterocycles. The number of nitrogens with two attached hydrogens (primary N) is 1. The Balaban J connectivity index is 1.30. The molecule has 10 nitrogen and oxygen atoms in total. The van der Waals surface area contributed by atoms with E-state index in [9.17, 15) is 19.8 Å². The molecule has 0 aromatic rings. The Labute approximate surface area is 319 Å². The number of ether oxygens (including phenoxy) is 5. The van der Waals surface area contributed by atoms with Crippen LogP contribution in [0.25, 0.3) is 0 Å². The molecular weight excluding hydrogens is 674 g/mol. The summed E-state index contributed by atoms with van der Waals surface area (Å²) in [5.41, 5.74) is 3.63. The highest BCUT2D eigenvalue weighted by molar-refractivity contribution is 5.83. The minimum absolute atomic E-state index is 0.0491. The van der Waals surface area contributed by atoms with Crippen molar-refractivity contribution in [1.82, 2.24) is 0 Å². The number of rotatable bonds is 12. The molecular formula is C43H73NO9. The molecule has 0 aliphatic carbocycles. The summed E-state index contributed by atoms with van der Waals surface area (Å²) in [6.45, 7) is 22.7. The van der Waals surface area contributed by atoms with Gasteiger partial charge in [-0.1, -0.05) is 55.4 Å². The van der Waals surface area contributed by atoms with Crippen LogP contribution in [-0.2, 0) is 33.3 Å². The van der Waals surface area contributed by atoms with Gasteiger partial charge in [0.05, 0.1) is 47.1 Å². The molecule has 0 unspecified atom stereocenters. The second-order valence-electron chi connectivity index (χ2n) is 18.6. The van der Waals surface area contributed by atoms with Crippen molar-refractivity contribution < 1.29 is 43.5 Å². The van der Waals surface area contributed by atoms with Gasteiger partial charge in [0.2, 0.25) is 11.7 Å². The molecule has 4 N–H and O–H groups in total. The van der Waals surface area contributed by atoms with Crippen LogP contribution in [0.15, 0.2) is 12.2 Å². The van der Waals surface area contributed by atoms with Gasteiger partial charge in [-0.25, -0.2) is 0 Å². The molecule has 4 saturated heterocycles. The number of primary amides is 1. The number of aliphatic hydroxyl groups excluding tert-OH is 1. The molecule has 5 aliphatic rings. The predicted molar refractivity (Wildman–Crippen MR) is 203 cm³/mol. The van der Waals surface area contributed by atoms with Crippen molar-refractivity contribution >= 4 is 11.7 Å². The van der Waals surface area contributed by atoms with Crippen LogP contribution in [0.2, 0.25) is 0 Å². The van der Waals surface area contributed by atoms with Gasteiger partial charge >= 0.3 is 0 Å². The Bertz CT molecular complexity index is 1340. The van der Waals surface area contributed by atoms with Gasteiger partial charge in [0.1, 0.15) is 11.9 Å². The molecule has 0 radical (unpaired) electrons. The monoisotopic (exact) mass is 748 g/mol. The summed E-state index contributed by atoms with van der Waals surface area (Å²) in [6, 6.07) is 0. The third kappa shape index (κ3) is 7.95. The van der Waals surface area contributed by atoms with Gasteiger partial charge in [0.25, 0.3) is 0 Å². The maximum absolute atomic E-state index is 14.5. The van der Waals surface area contributed by atoms with Crippen LogP contribution in [0.4, 0.5) is 0 Å². The van der Waals surface area contributed by atoms with E-state index in [1.807, 2.05) is 47.6 Å². The minimum atomic E-state index is -1.32. The van der Waals surface area contributed by atoms with Gasteiger partial charge in [0, 0.05) is 24.2 Å². The van der Waals surface area contributed by atoms with Crippen LogP contribution in [0.1, 0.15) is 147 Å². The Hall–Kier alpha value is -1.40. The highest BCUT2D eigenvalue weighted by Crippen LogP contribution is 2.54. The van der Waals surface area contributed by atoms with Crippen molar-refractivity contribution in [3.05, 3.63) is 12.2 Å². The molecule has 0 bridgehead atoms. The summed E-state index contributed by atoms with van der Waals surface area (Å²) in [5, 5.41) is 22.5. The van der Waals surface area contributed by atoms with Crippen LogP contribution in [0.5, 0.6) is 0 Å². The summed E-state index contributed by atoms with van der Waals surface area (Å²) in [7, 11) is 0. The van der Waals surface area contributed by atoms with Gasteiger partial charge < -0.3 is 39.6 Å². The molecule has 0 saturated carbocycles. The highest BCUT2D eigenvalue weighted by Gasteiger charge is 2.63. The fourth-order valence-corrected chi connectivity index (χ4v) is 11.0. The first-order chi connectivity index (χ1) is 24.7. The Morgan fingerprint density at radius 1 is 0.906 bits per heavy atom. The maximum atomic E-state index is 14.5. The molecule has 1 amide bonds. The minimum Gasteiger partial charge on any atom is -0.387 e. The average molecular weight is 748 g/mol. The van der Waals surface area contributed by atoms with Crippen molar-refractivity contribution in [2.75, 3.05) is 0 Å². The number of hydrogen-bond donors (Lipinski definition) is 3. The SMILES string of the molecule is CC[C@@H](C(=O)[C@@H](C)C[C@H](C)[C@@H]1O[C@@](C)([C@@H](CC)C(N)=O)CC[C@@H]1C)[C@H]1O[C@]2(C=C[C@@H](O)[C@]3(CC[C@@](C)([C@H]4CC[C@](O)(CC)[C@H](C)O4)O3)O2)[C@H](C)C[C@@H]1C. The predicted octanol–water partition coefficient (Wildman–Crippen LogP) is 7.01. The number of Topliss-reactive ketones (excluding diaryl/α,β-unsaturated/α-hetero) is 1. The molecule has 53 heavy (non-hydrogen) atoms. The molecule has 0 aromatic carbocycles. The van der Waals surface area contributed by atoms with Gasteiger partial charge in [-0.3, -0.25) is 9.59 Å². The molecule has 4 fully saturated rings. The van der Waals surface area contributed by atoms with Crippen LogP contribution < -0.4 is 5.73 Å². The molecule has 0 aromatic heterocycles. The normalized spacial score (nSPS) is 47.0. The Morgan fingerprint density at radius 3 is 2.21 bits per heavy atom. The first kappa shape index (κ1) is 42.7. The topological polar surface area (TPSA) is 147 Å². The maximum Gasteiger partial charge on any atom is 0.223 e. The molecule has 17 atom stereocenters. The summed E-state index contributed by atoms with van der Waals surface area (Å²) in [4.78, 5) is 26.8. The number of aliphatic hydroxyl groups is 2. The van der Waals surface area contributed by atoms with Crippen LogP contribution >= 0.6 is 0 Å². The highest BCUT2D eigenvalue weighted by atomic mass is 16.8. The zero-order chi connectivity index (χ0) is 39.3. The number of ketones is 1. The third-order valence-corrected chi connectivity index (χ3v) is 14.7. The summed E-state index contributed by atoms with van der Waals surface area (Å²) in [6.07, 6.45) is 9.02. The van der Waals surface area contributed by atoms with E-state index in [0.29, 0.717) is 57.3 Å².